The Kier molecular flexibility index (Phi) is 6.46. The molecule has 7 nitrogen and oxygen atoms in total. The third kappa shape index (κ3) is 4.61. The number of carbonyl (C=O) groups excluding carboxylic acids is 3. The highest BCUT2D eigenvalue weighted by Gasteiger charge is 2.44. The van der Waals surface area contributed by atoms with Gasteiger partial charge in [-0.3, -0.25) is 4.79 Å². The molecule has 1 aromatic rings. The number of carbonyl (C=O) groups is 3. The van der Waals surface area contributed by atoms with Gasteiger partial charge in [0.25, 0.3) is 0 Å². The number of Topliss-reactive ketones (excluding diaryl/α,β-unsaturated/α-hetero) is 1. The van der Waals surface area contributed by atoms with E-state index in [1.807, 2.05) is 13.8 Å². The number of hydrogen-bond acceptors (Lipinski definition) is 7. The minimum absolute atomic E-state index is 0.0588. The Morgan fingerprint density at radius 3 is 2.55 bits per heavy atom. The van der Waals surface area contributed by atoms with Gasteiger partial charge in [0.15, 0.2) is 12.4 Å². The quantitative estimate of drug-likeness (QED) is 0.688. The lowest BCUT2D eigenvalue weighted by atomic mass is 9.68. The lowest BCUT2D eigenvalue weighted by molar-refractivity contribution is -0.143. The van der Waals surface area contributed by atoms with Crippen molar-refractivity contribution in [2.24, 2.45) is 5.41 Å². The molecule has 3 rings (SSSR count). The second-order valence-corrected chi connectivity index (χ2v) is 8.90. The molecule has 1 aromatic carbocycles. The molecule has 0 aromatic heterocycles. The number of dihydropyridines is 1. The smallest absolute Gasteiger partial charge is 0.343 e. The van der Waals surface area contributed by atoms with Crippen molar-refractivity contribution < 1.29 is 28.6 Å². The molecular formula is C23H26ClNO6. The molecular weight excluding hydrogens is 422 g/mol. The van der Waals surface area contributed by atoms with Crippen LogP contribution in [0, 0.1) is 5.41 Å². The molecule has 0 saturated carbocycles. The zero-order valence-corrected chi connectivity index (χ0v) is 19.0. The Morgan fingerprint density at radius 2 is 1.90 bits per heavy atom. The first-order chi connectivity index (χ1) is 14.6. The largest absolute Gasteiger partial charge is 0.482 e. The molecule has 1 N–H and O–H groups in total. The number of halogens is 1. The molecule has 0 fully saturated rings. The lowest BCUT2D eigenvalue weighted by Crippen LogP contribution is -2.38. The first-order valence-corrected chi connectivity index (χ1v) is 10.3. The van der Waals surface area contributed by atoms with E-state index in [2.05, 4.69) is 10.1 Å². The third-order valence-corrected chi connectivity index (χ3v) is 5.74. The third-order valence-electron chi connectivity index (χ3n) is 5.50. The lowest BCUT2D eigenvalue weighted by Gasteiger charge is -2.39. The number of allylic oxidation sites excluding steroid dienone is 3. The van der Waals surface area contributed by atoms with E-state index in [1.54, 1.807) is 25.1 Å². The average Bonchev–Trinajstić information content (AvgIpc) is 2.69. The molecule has 31 heavy (non-hydrogen) atoms. The molecule has 0 bridgehead atoms. The monoisotopic (exact) mass is 447 g/mol. The van der Waals surface area contributed by atoms with Crippen LogP contribution in [-0.2, 0) is 23.9 Å². The van der Waals surface area contributed by atoms with E-state index in [1.165, 1.54) is 14.2 Å². The molecule has 0 spiro atoms. The second kappa shape index (κ2) is 8.75. The Morgan fingerprint density at radius 1 is 1.19 bits per heavy atom. The van der Waals surface area contributed by atoms with Gasteiger partial charge in [-0.15, -0.1) is 0 Å². The molecule has 1 heterocycles. The number of rotatable bonds is 5. The van der Waals surface area contributed by atoms with Crippen molar-refractivity contribution in [3.63, 3.8) is 0 Å². The van der Waals surface area contributed by atoms with E-state index in [0.717, 1.165) is 5.70 Å². The molecule has 0 amide bonds. The van der Waals surface area contributed by atoms with Gasteiger partial charge in [0.2, 0.25) is 0 Å². The molecule has 1 atom stereocenters. The second-order valence-electron chi connectivity index (χ2n) is 8.47. The fourth-order valence-electron chi connectivity index (χ4n) is 4.20. The zero-order valence-electron chi connectivity index (χ0n) is 18.3. The van der Waals surface area contributed by atoms with Gasteiger partial charge in [0, 0.05) is 34.0 Å². The van der Waals surface area contributed by atoms with E-state index < -0.39 is 17.9 Å². The first kappa shape index (κ1) is 22.9. The van der Waals surface area contributed by atoms with Crippen molar-refractivity contribution in [2.45, 2.75) is 39.5 Å². The highest BCUT2D eigenvalue weighted by molar-refractivity contribution is 6.30. The maximum absolute atomic E-state index is 13.3. The van der Waals surface area contributed by atoms with Gasteiger partial charge in [-0.2, -0.15) is 0 Å². The molecule has 0 radical (unpaired) electrons. The molecule has 0 saturated heterocycles. The van der Waals surface area contributed by atoms with Crippen LogP contribution in [0.5, 0.6) is 5.75 Å². The highest BCUT2D eigenvalue weighted by atomic mass is 35.5. The number of ether oxygens (including phenoxy) is 3. The van der Waals surface area contributed by atoms with Gasteiger partial charge >= 0.3 is 11.9 Å². The van der Waals surface area contributed by atoms with Crippen LogP contribution < -0.4 is 10.1 Å². The van der Waals surface area contributed by atoms with Crippen LogP contribution in [0.3, 0.4) is 0 Å². The summed E-state index contributed by atoms with van der Waals surface area (Å²) in [5, 5.41) is 3.66. The van der Waals surface area contributed by atoms with E-state index in [-0.39, 0.29) is 17.8 Å². The normalized spacial score (nSPS) is 20.1. The highest BCUT2D eigenvalue weighted by Crippen LogP contribution is 2.49. The zero-order chi connectivity index (χ0) is 22.9. The summed E-state index contributed by atoms with van der Waals surface area (Å²) in [6, 6.07) is 4.89. The molecule has 166 valence electrons. The summed E-state index contributed by atoms with van der Waals surface area (Å²) >= 11 is 6.28. The standard InChI is InChI=1S/C23H26ClNO6/c1-12-19(22(28)30-5)20(21-15(25-12)9-23(2,3)10-16(21)26)14-8-13(24)6-7-17(14)31-11-18(27)29-4/h6-8,20,25H,9-11H2,1-5H3. The predicted octanol–water partition coefficient (Wildman–Crippen LogP) is 3.67. The van der Waals surface area contributed by atoms with Crippen LogP contribution in [0.4, 0.5) is 0 Å². The van der Waals surface area contributed by atoms with Crippen LogP contribution in [0.15, 0.2) is 40.7 Å². The summed E-state index contributed by atoms with van der Waals surface area (Å²) in [4.78, 5) is 37.7. The number of nitrogens with one attached hydrogen (secondary N) is 1. The van der Waals surface area contributed by atoms with Crippen LogP contribution in [-0.4, -0.2) is 38.5 Å². The minimum atomic E-state index is -0.737. The Bertz CT molecular complexity index is 1010. The maximum atomic E-state index is 13.3. The van der Waals surface area contributed by atoms with Crippen LogP contribution in [0.25, 0.3) is 0 Å². The summed E-state index contributed by atoms with van der Waals surface area (Å²) < 4.78 is 15.4. The van der Waals surface area contributed by atoms with Crippen LogP contribution in [0.1, 0.15) is 45.1 Å². The first-order valence-electron chi connectivity index (χ1n) is 9.89. The van der Waals surface area contributed by atoms with E-state index in [4.69, 9.17) is 21.1 Å². The average molecular weight is 448 g/mol. The van der Waals surface area contributed by atoms with Crippen LogP contribution >= 0.6 is 11.6 Å². The number of benzene rings is 1. The van der Waals surface area contributed by atoms with Gasteiger partial charge < -0.3 is 19.5 Å². The van der Waals surface area contributed by atoms with Crippen molar-refractivity contribution in [1.29, 1.82) is 0 Å². The van der Waals surface area contributed by atoms with E-state index in [0.29, 0.717) is 46.0 Å². The summed E-state index contributed by atoms with van der Waals surface area (Å²) in [5.41, 5.74) is 2.47. The van der Waals surface area contributed by atoms with Crippen molar-refractivity contribution in [1.82, 2.24) is 5.32 Å². The number of methoxy groups -OCH3 is 2. The van der Waals surface area contributed by atoms with Crippen molar-refractivity contribution in [3.8, 4) is 5.75 Å². The molecule has 1 aliphatic heterocycles. The summed E-state index contributed by atoms with van der Waals surface area (Å²) in [6.07, 6.45) is 0.992. The SMILES string of the molecule is COC(=O)COc1ccc(Cl)cc1C1C(C(=O)OC)=C(C)NC2=C1C(=O)CC(C)(C)C2. The van der Waals surface area contributed by atoms with Crippen LogP contribution in [0.2, 0.25) is 5.02 Å². The van der Waals surface area contributed by atoms with Gasteiger partial charge in [0.1, 0.15) is 5.75 Å². The predicted molar refractivity (Wildman–Crippen MR) is 115 cm³/mol. The fraction of sp³-hybridized carbons (Fsp3) is 0.435. The summed E-state index contributed by atoms with van der Waals surface area (Å²) in [5.74, 6) is -1.57. The molecule has 2 aliphatic rings. The Balaban J connectivity index is 2.21. The van der Waals surface area contributed by atoms with E-state index >= 15 is 0 Å². The van der Waals surface area contributed by atoms with Crippen molar-refractivity contribution >= 4 is 29.3 Å². The number of esters is 2. The minimum Gasteiger partial charge on any atom is -0.482 e. The molecule has 8 heteroatoms. The van der Waals surface area contributed by atoms with Gasteiger partial charge in [0.05, 0.1) is 25.7 Å². The van der Waals surface area contributed by atoms with Gasteiger partial charge in [-0.1, -0.05) is 25.4 Å². The Hall–Kier alpha value is -2.80. The Labute approximate surface area is 186 Å². The van der Waals surface area contributed by atoms with Gasteiger partial charge in [-0.25, -0.2) is 9.59 Å². The topological polar surface area (TPSA) is 90.9 Å². The maximum Gasteiger partial charge on any atom is 0.343 e. The van der Waals surface area contributed by atoms with E-state index in [9.17, 15) is 14.4 Å². The van der Waals surface area contributed by atoms with Crippen molar-refractivity contribution in [3.05, 3.63) is 51.3 Å². The molecule has 1 aliphatic carbocycles. The van der Waals surface area contributed by atoms with Crippen molar-refractivity contribution in [2.75, 3.05) is 20.8 Å². The number of hydrogen-bond donors (Lipinski definition) is 1. The number of ketones is 1. The summed E-state index contributed by atoms with van der Waals surface area (Å²) in [6.45, 7) is 5.52. The summed E-state index contributed by atoms with van der Waals surface area (Å²) in [7, 11) is 2.56. The fourth-order valence-corrected chi connectivity index (χ4v) is 4.38. The molecule has 1 unspecified atom stereocenters. The van der Waals surface area contributed by atoms with Gasteiger partial charge in [-0.05, 0) is 37.0 Å².